The van der Waals surface area contributed by atoms with Crippen LogP contribution in [0.4, 0.5) is 0 Å². The lowest BCUT2D eigenvalue weighted by molar-refractivity contribution is 0.156. The molecule has 0 heterocycles. The molecule has 2 N–H and O–H groups in total. The van der Waals surface area contributed by atoms with Crippen molar-refractivity contribution in [2.24, 2.45) is 11.3 Å². The first-order chi connectivity index (χ1) is 6.02. The summed E-state index contributed by atoms with van der Waals surface area (Å²) in [5.74, 6) is 1.91. The fraction of sp³-hybridized carbons (Fsp3) is 1.00. The van der Waals surface area contributed by atoms with Gasteiger partial charge in [0.25, 0.3) is 0 Å². The van der Waals surface area contributed by atoms with Gasteiger partial charge in [0.05, 0.1) is 0 Å². The molecule has 13 heavy (non-hydrogen) atoms. The molecular formula is C10H23NOS. The second kappa shape index (κ2) is 6.68. The normalized spacial score (nSPS) is 14.5. The summed E-state index contributed by atoms with van der Waals surface area (Å²) in [5, 5.41) is 12.4. The van der Waals surface area contributed by atoms with Crippen molar-refractivity contribution in [1.29, 1.82) is 0 Å². The summed E-state index contributed by atoms with van der Waals surface area (Å²) in [7, 11) is 0. The van der Waals surface area contributed by atoms with Gasteiger partial charge in [-0.05, 0) is 24.5 Å². The van der Waals surface area contributed by atoms with Gasteiger partial charge in [-0.1, -0.05) is 20.8 Å². The van der Waals surface area contributed by atoms with Crippen LogP contribution in [0.3, 0.4) is 0 Å². The first kappa shape index (κ1) is 13.3. The lowest BCUT2D eigenvalue weighted by Crippen LogP contribution is -2.34. The van der Waals surface area contributed by atoms with Crippen LogP contribution in [0.5, 0.6) is 0 Å². The Bertz CT molecular complexity index is 128. The first-order valence-corrected chi connectivity index (χ1v) is 6.22. The monoisotopic (exact) mass is 205 g/mol. The van der Waals surface area contributed by atoms with Crippen LogP contribution >= 0.6 is 11.8 Å². The average Bonchev–Trinajstić information content (AvgIpc) is 2.05. The predicted molar refractivity (Wildman–Crippen MR) is 61.3 cm³/mol. The van der Waals surface area contributed by atoms with E-state index in [9.17, 15) is 0 Å². The van der Waals surface area contributed by atoms with Gasteiger partial charge in [-0.25, -0.2) is 0 Å². The second-order valence-electron chi connectivity index (χ2n) is 4.51. The van der Waals surface area contributed by atoms with E-state index < -0.39 is 0 Å². The van der Waals surface area contributed by atoms with E-state index in [-0.39, 0.29) is 12.0 Å². The van der Waals surface area contributed by atoms with Crippen LogP contribution in [0.15, 0.2) is 0 Å². The van der Waals surface area contributed by atoms with Crippen molar-refractivity contribution >= 4 is 11.8 Å². The van der Waals surface area contributed by atoms with Gasteiger partial charge in [0, 0.05) is 18.6 Å². The third-order valence-corrected chi connectivity index (χ3v) is 2.88. The Morgan fingerprint density at radius 3 is 2.54 bits per heavy atom. The van der Waals surface area contributed by atoms with Crippen molar-refractivity contribution in [2.75, 3.05) is 31.7 Å². The molecule has 1 unspecified atom stereocenters. The molecule has 0 saturated carbocycles. The predicted octanol–water partition coefficient (Wildman–Crippen LogP) is 1.59. The number of rotatable bonds is 7. The van der Waals surface area contributed by atoms with Gasteiger partial charge < -0.3 is 10.4 Å². The SMILES string of the molecule is CSCC(C)CNCC(C)(C)CO. The summed E-state index contributed by atoms with van der Waals surface area (Å²) < 4.78 is 0. The summed E-state index contributed by atoms with van der Waals surface area (Å²) in [6.07, 6.45) is 2.13. The highest BCUT2D eigenvalue weighted by atomic mass is 32.2. The Kier molecular flexibility index (Phi) is 6.82. The highest BCUT2D eigenvalue weighted by molar-refractivity contribution is 7.98. The summed E-state index contributed by atoms with van der Waals surface area (Å²) in [4.78, 5) is 0. The molecule has 3 heteroatoms. The van der Waals surface area contributed by atoms with Crippen molar-refractivity contribution in [3.05, 3.63) is 0 Å². The molecule has 0 bridgehead atoms. The van der Waals surface area contributed by atoms with Crippen LogP contribution in [0.1, 0.15) is 20.8 Å². The Morgan fingerprint density at radius 1 is 1.46 bits per heavy atom. The molecule has 0 spiro atoms. The minimum absolute atomic E-state index is 0.0130. The number of thioether (sulfide) groups is 1. The van der Waals surface area contributed by atoms with Crippen LogP contribution in [0.2, 0.25) is 0 Å². The van der Waals surface area contributed by atoms with E-state index in [2.05, 4.69) is 32.3 Å². The van der Waals surface area contributed by atoms with Crippen LogP contribution in [0, 0.1) is 11.3 Å². The zero-order chi connectivity index (χ0) is 10.3. The van der Waals surface area contributed by atoms with E-state index >= 15 is 0 Å². The topological polar surface area (TPSA) is 32.3 Å². The Morgan fingerprint density at radius 2 is 2.08 bits per heavy atom. The highest BCUT2D eigenvalue weighted by Crippen LogP contribution is 2.11. The fourth-order valence-electron chi connectivity index (χ4n) is 1.06. The van der Waals surface area contributed by atoms with Gasteiger partial charge in [0.2, 0.25) is 0 Å². The van der Waals surface area contributed by atoms with Gasteiger partial charge in [-0.3, -0.25) is 0 Å². The van der Waals surface area contributed by atoms with Crippen LogP contribution in [0.25, 0.3) is 0 Å². The molecule has 0 saturated heterocycles. The van der Waals surface area contributed by atoms with Gasteiger partial charge in [0.15, 0.2) is 0 Å². The number of hydrogen-bond donors (Lipinski definition) is 2. The zero-order valence-corrected chi connectivity index (χ0v) is 10.1. The number of aliphatic hydroxyl groups excluding tert-OH is 1. The number of aliphatic hydroxyl groups is 1. The van der Waals surface area contributed by atoms with Gasteiger partial charge in [-0.15, -0.1) is 0 Å². The third kappa shape index (κ3) is 7.35. The molecule has 0 aliphatic heterocycles. The molecule has 0 aliphatic rings. The minimum atomic E-state index is 0.0130. The molecule has 2 nitrogen and oxygen atoms in total. The standard InChI is InChI=1S/C10H23NOS/c1-9(6-13-4)5-11-7-10(2,3)8-12/h9,11-12H,5-8H2,1-4H3. The molecule has 80 valence electrons. The Hall–Kier alpha value is 0.270. The third-order valence-electron chi connectivity index (χ3n) is 1.98. The molecule has 0 aliphatic carbocycles. The lowest BCUT2D eigenvalue weighted by atomic mass is 9.95. The maximum absolute atomic E-state index is 9.02. The van der Waals surface area contributed by atoms with Crippen molar-refractivity contribution in [2.45, 2.75) is 20.8 Å². The Balaban J connectivity index is 3.44. The molecule has 0 fully saturated rings. The van der Waals surface area contributed by atoms with E-state index in [1.165, 1.54) is 5.75 Å². The van der Waals surface area contributed by atoms with E-state index in [4.69, 9.17) is 5.11 Å². The molecular weight excluding hydrogens is 182 g/mol. The number of nitrogens with one attached hydrogen (secondary N) is 1. The molecule has 0 aromatic rings. The van der Waals surface area contributed by atoms with Crippen molar-refractivity contribution in [3.8, 4) is 0 Å². The number of hydrogen-bond acceptors (Lipinski definition) is 3. The second-order valence-corrected chi connectivity index (χ2v) is 5.42. The summed E-state index contributed by atoms with van der Waals surface area (Å²) >= 11 is 1.88. The maximum Gasteiger partial charge on any atom is 0.0494 e. The largest absolute Gasteiger partial charge is 0.396 e. The van der Waals surface area contributed by atoms with Crippen molar-refractivity contribution in [3.63, 3.8) is 0 Å². The Labute approximate surface area is 86.5 Å². The maximum atomic E-state index is 9.02. The van der Waals surface area contributed by atoms with E-state index in [1.54, 1.807) is 0 Å². The highest BCUT2D eigenvalue weighted by Gasteiger charge is 2.15. The van der Waals surface area contributed by atoms with E-state index in [1.807, 2.05) is 11.8 Å². The first-order valence-electron chi connectivity index (χ1n) is 4.82. The molecule has 1 atom stereocenters. The summed E-state index contributed by atoms with van der Waals surface area (Å²) in [6.45, 7) is 8.57. The van der Waals surface area contributed by atoms with E-state index in [0.717, 1.165) is 13.1 Å². The molecule has 0 radical (unpaired) electrons. The lowest BCUT2D eigenvalue weighted by Gasteiger charge is -2.23. The average molecular weight is 205 g/mol. The minimum Gasteiger partial charge on any atom is -0.396 e. The molecule has 0 aromatic carbocycles. The van der Waals surface area contributed by atoms with Crippen molar-refractivity contribution < 1.29 is 5.11 Å². The zero-order valence-electron chi connectivity index (χ0n) is 9.26. The summed E-state index contributed by atoms with van der Waals surface area (Å²) in [6, 6.07) is 0. The molecule has 0 aromatic heterocycles. The fourth-order valence-corrected chi connectivity index (χ4v) is 1.74. The smallest absolute Gasteiger partial charge is 0.0494 e. The molecule has 0 rings (SSSR count). The summed E-state index contributed by atoms with van der Waals surface area (Å²) in [5.41, 5.74) is 0.0130. The van der Waals surface area contributed by atoms with E-state index in [0.29, 0.717) is 5.92 Å². The van der Waals surface area contributed by atoms with Gasteiger partial charge in [-0.2, -0.15) is 11.8 Å². The van der Waals surface area contributed by atoms with Crippen molar-refractivity contribution in [1.82, 2.24) is 5.32 Å². The van der Waals surface area contributed by atoms with Gasteiger partial charge >= 0.3 is 0 Å². The van der Waals surface area contributed by atoms with Gasteiger partial charge in [0.1, 0.15) is 0 Å². The molecule has 0 amide bonds. The van der Waals surface area contributed by atoms with Crippen LogP contribution in [-0.2, 0) is 0 Å². The van der Waals surface area contributed by atoms with Crippen LogP contribution in [-0.4, -0.2) is 36.8 Å². The van der Waals surface area contributed by atoms with Crippen LogP contribution < -0.4 is 5.32 Å². The quantitative estimate of drug-likeness (QED) is 0.662.